The van der Waals surface area contributed by atoms with Gasteiger partial charge < -0.3 is 15.5 Å². The zero-order valence-corrected chi connectivity index (χ0v) is 30.4. The molecule has 2 rings (SSSR count). The summed E-state index contributed by atoms with van der Waals surface area (Å²) in [6, 6.07) is 19.4. The molecule has 278 valence electrons. The Labute approximate surface area is 299 Å². The van der Waals surface area contributed by atoms with E-state index in [4.69, 9.17) is 10.2 Å². The number of imide groups is 2. The number of benzene rings is 2. The zero-order valence-electron chi connectivity index (χ0n) is 30.4. The van der Waals surface area contributed by atoms with Crippen LogP contribution in [-0.2, 0) is 22.4 Å². The average Bonchev–Trinajstić information content (AvgIpc) is 3.07. The Morgan fingerprint density at radius 1 is 0.540 bits per heavy atom. The van der Waals surface area contributed by atoms with E-state index in [0.717, 1.165) is 44.9 Å². The lowest BCUT2D eigenvalue weighted by Crippen LogP contribution is -2.57. The maximum Gasteiger partial charge on any atom is 0.411 e. The molecule has 0 aliphatic rings. The van der Waals surface area contributed by atoms with Gasteiger partial charge in [0.25, 0.3) is 0 Å². The lowest BCUT2D eigenvalue weighted by molar-refractivity contribution is -0.123. The summed E-state index contributed by atoms with van der Waals surface area (Å²) in [4.78, 5) is 45.9. The SMILES string of the molecule is C[C@H](NCCCCCCCCCCCCCCCCCC(Cc1ccccc1)(Cc1ccccc1)N[C@@H](C)C(=O)NC(=O)O)C(=O)NC(=O)O. The molecule has 0 bridgehead atoms. The Morgan fingerprint density at radius 3 is 1.30 bits per heavy atom. The van der Waals surface area contributed by atoms with Crippen molar-refractivity contribution in [3.8, 4) is 0 Å². The van der Waals surface area contributed by atoms with E-state index in [-0.39, 0.29) is 0 Å². The quantitative estimate of drug-likeness (QED) is 0.0514. The van der Waals surface area contributed by atoms with Crippen LogP contribution in [0.2, 0.25) is 0 Å². The fourth-order valence-electron chi connectivity index (χ4n) is 6.64. The molecule has 0 heterocycles. The molecule has 0 unspecified atom stereocenters. The van der Waals surface area contributed by atoms with E-state index >= 15 is 0 Å². The van der Waals surface area contributed by atoms with E-state index < -0.39 is 41.6 Å². The number of unbranched alkanes of at least 4 members (excludes halogenated alkanes) is 14. The van der Waals surface area contributed by atoms with Crippen LogP contribution in [0.4, 0.5) is 9.59 Å². The first kappa shape index (κ1) is 42.4. The minimum atomic E-state index is -1.34. The van der Waals surface area contributed by atoms with Gasteiger partial charge in [0.05, 0.1) is 12.1 Å². The summed E-state index contributed by atoms with van der Waals surface area (Å²) in [7, 11) is 0. The normalized spacial score (nSPS) is 12.6. The fourth-order valence-corrected chi connectivity index (χ4v) is 6.64. The molecule has 0 saturated carbocycles. The van der Waals surface area contributed by atoms with Gasteiger partial charge in [0, 0.05) is 5.54 Å². The first-order chi connectivity index (χ1) is 24.1. The van der Waals surface area contributed by atoms with Crippen molar-refractivity contribution in [3.05, 3.63) is 71.8 Å². The van der Waals surface area contributed by atoms with Gasteiger partial charge >= 0.3 is 12.2 Å². The summed E-state index contributed by atoms with van der Waals surface area (Å²) in [5, 5.41) is 28.3. The number of carbonyl (C=O) groups excluding carboxylic acids is 2. The van der Waals surface area contributed by atoms with Gasteiger partial charge in [-0.05, 0) is 57.2 Å². The Morgan fingerprint density at radius 2 is 0.900 bits per heavy atom. The highest BCUT2D eigenvalue weighted by molar-refractivity contribution is 5.94. The highest BCUT2D eigenvalue weighted by atomic mass is 16.4. The largest absolute Gasteiger partial charge is 0.465 e. The Balaban J connectivity index is 1.65. The third-order valence-corrected chi connectivity index (χ3v) is 9.32. The molecule has 2 aromatic carbocycles. The standard InChI is InChI=1S/C40H62N4O6/c1-32(36(45)42-38(47)48)41-29-23-15-13-11-9-7-5-3-4-6-8-10-12-14-22-28-40(30-34-24-18-16-19-25-34,31-35-26-20-17-21-27-35)44-33(2)37(46)43-39(49)50/h16-21,24-27,32-33,41,44H,3-15,22-23,28-31H2,1-2H3,(H,42,45)(H,43,46)(H,47,48)(H,49,50)/t32-,33-/m0/s1. The highest BCUT2D eigenvalue weighted by Crippen LogP contribution is 2.27. The summed E-state index contributed by atoms with van der Waals surface area (Å²) in [6.07, 6.45) is 17.7. The Hall–Kier alpha value is -3.76. The molecule has 0 fully saturated rings. The first-order valence-electron chi connectivity index (χ1n) is 18.8. The van der Waals surface area contributed by atoms with Crippen molar-refractivity contribution >= 4 is 24.0 Å². The van der Waals surface area contributed by atoms with E-state index in [9.17, 15) is 19.2 Å². The van der Waals surface area contributed by atoms with Gasteiger partial charge in [0.15, 0.2) is 0 Å². The molecule has 4 amide bonds. The Bertz CT molecular complexity index is 1200. The first-order valence-corrected chi connectivity index (χ1v) is 18.8. The summed E-state index contributed by atoms with van der Waals surface area (Å²) < 4.78 is 0. The number of rotatable bonds is 27. The molecule has 6 N–H and O–H groups in total. The molecule has 2 atom stereocenters. The molecular weight excluding hydrogens is 632 g/mol. The van der Waals surface area contributed by atoms with Crippen molar-refractivity contribution in [3.63, 3.8) is 0 Å². The van der Waals surface area contributed by atoms with Crippen LogP contribution in [-0.4, -0.2) is 58.4 Å². The minimum Gasteiger partial charge on any atom is -0.465 e. The van der Waals surface area contributed by atoms with Gasteiger partial charge in [-0.3, -0.25) is 25.5 Å². The maximum absolute atomic E-state index is 12.6. The predicted molar refractivity (Wildman–Crippen MR) is 199 cm³/mol. The molecule has 0 spiro atoms. The summed E-state index contributed by atoms with van der Waals surface area (Å²) in [5.74, 6) is -1.05. The van der Waals surface area contributed by atoms with Crippen molar-refractivity contribution in [1.29, 1.82) is 0 Å². The number of nitrogens with one attached hydrogen (secondary N) is 4. The van der Waals surface area contributed by atoms with Gasteiger partial charge in [-0.2, -0.15) is 0 Å². The monoisotopic (exact) mass is 694 g/mol. The van der Waals surface area contributed by atoms with E-state index in [2.05, 4.69) is 34.9 Å². The van der Waals surface area contributed by atoms with Crippen molar-refractivity contribution in [2.45, 2.75) is 147 Å². The molecule has 0 aliphatic heterocycles. The van der Waals surface area contributed by atoms with Gasteiger partial charge in [-0.1, -0.05) is 151 Å². The summed E-state index contributed by atoms with van der Waals surface area (Å²) >= 11 is 0. The number of carbonyl (C=O) groups is 4. The molecular formula is C40H62N4O6. The molecule has 0 saturated heterocycles. The second-order valence-corrected chi connectivity index (χ2v) is 13.8. The number of amides is 4. The van der Waals surface area contributed by atoms with Crippen LogP contribution < -0.4 is 21.3 Å². The predicted octanol–water partition coefficient (Wildman–Crippen LogP) is 8.00. The third-order valence-electron chi connectivity index (χ3n) is 9.32. The molecule has 10 nitrogen and oxygen atoms in total. The number of hydrogen-bond acceptors (Lipinski definition) is 6. The van der Waals surface area contributed by atoms with E-state index in [1.807, 2.05) is 47.0 Å². The second kappa shape index (κ2) is 25.2. The van der Waals surface area contributed by atoms with Crippen LogP contribution >= 0.6 is 0 Å². The molecule has 0 radical (unpaired) electrons. The van der Waals surface area contributed by atoms with Crippen molar-refractivity contribution in [2.75, 3.05) is 6.54 Å². The van der Waals surface area contributed by atoms with Crippen molar-refractivity contribution in [2.24, 2.45) is 0 Å². The smallest absolute Gasteiger partial charge is 0.411 e. The van der Waals surface area contributed by atoms with Gasteiger partial charge in [-0.25, -0.2) is 9.59 Å². The fraction of sp³-hybridized carbons (Fsp3) is 0.600. The van der Waals surface area contributed by atoms with E-state index in [0.29, 0.717) is 6.54 Å². The Kier molecular flexibility index (Phi) is 21.4. The molecule has 50 heavy (non-hydrogen) atoms. The summed E-state index contributed by atoms with van der Waals surface area (Å²) in [6.45, 7) is 4.12. The average molecular weight is 695 g/mol. The van der Waals surface area contributed by atoms with Crippen LogP contribution in [0.15, 0.2) is 60.7 Å². The highest BCUT2D eigenvalue weighted by Gasteiger charge is 2.33. The van der Waals surface area contributed by atoms with E-state index in [1.54, 1.807) is 13.8 Å². The van der Waals surface area contributed by atoms with E-state index in [1.165, 1.54) is 81.8 Å². The van der Waals surface area contributed by atoms with Crippen LogP contribution in [0.1, 0.15) is 128 Å². The van der Waals surface area contributed by atoms with Gasteiger partial charge in [0.2, 0.25) is 11.8 Å². The molecule has 0 aromatic heterocycles. The topological polar surface area (TPSA) is 157 Å². The van der Waals surface area contributed by atoms with Crippen LogP contribution in [0, 0.1) is 0 Å². The molecule has 0 aliphatic carbocycles. The lowest BCUT2D eigenvalue weighted by atomic mass is 9.79. The zero-order chi connectivity index (χ0) is 36.5. The molecule has 2 aromatic rings. The van der Waals surface area contributed by atoms with Crippen LogP contribution in [0.5, 0.6) is 0 Å². The van der Waals surface area contributed by atoms with Gasteiger partial charge in [-0.15, -0.1) is 0 Å². The summed E-state index contributed by atoms with van der Waals surface area (Å²) in [5.41, 5.74) is 1.97. The van der Waals surface area contributed by atoms with Crippen molar-refractivity contribution < 1.29 is 29.4 Å². The lowest BCUT2D eigenvalue weighted by Gasteiger charge is -2.38. The number of carboxylic acid groups (broad SMARTS) is 2. The third kappa shape index (κ3) is 19.4. The number of hydrogen-bond donors (Lipinski definition) is 6. The molecule has 10 heteroatoms. The second-order valence-electron chi connectivity index (χ2n) is 13.8. The maximum atomic E-state index is 12.6. The van der Waals surface area contributed by atoms with Crippen LogP contribution in [0.25, 0.3) is 0 Å². The minimum absolute atomic E-state index is 0.405. The van der Waals surface area contributed by atoms with Crippen molar-refractivity contribution in [1.82, 2.24) is 21.3 Å². The van der Waals surface area contributed by atoms with Gasteiger partial charge in [0.1, 0.15) is 0 Å². The van der Waals surface area contributed by atoms with Crippen LogP contribution in [0.3, 0.4) is 0 Å².